The summed E-state index contributed by atoms with van der Waals surface area (Å²) in [5.41, 5.74) is 1.41. The van der Waals surface area contributed by atoms with Gasteiger partial charge in [0.2, 0.25) is 0 Å². The molecule has 4 nitrogen and oxygen atoms in total. The van der Waals surface area contributed by atoms with Crippen molar-refractivity contribution in [3.05, 3.63) is 64.7 Å². The highest BCUT2D eigenvalue weighted by molar-refractivity contribution is 6.33. The van der Waals surface area contributed by atoms with Crippen LogP contribution >= 0.6 is 11.6 Å². The number of hydrogen-bond donors (Lipinski definition) is 2. The van der Waals surface area contributed by atoms with E-state index in [4.69, 9.17) is 11.6 Å². The molecule has 5 heteroatoms. The maximum absolute atomic E-state index is 12.3. The van der Waals surface area contributed by atoms with Crippen molar-refractivity contribution in [2.24, 2.45) is 0 Å². The average Bonchev–Trinajstić information content (AvgIpc) is 2.57. The fourth-order valence-corrected chi connectivity index (χ4v) is 2.22. The third-order valence-electron chi connectivity index (χ3n) is 3.32. The van der Waals surface area contributed by atoms with Crippen LogP contribution in [0.25, 0.3) is 0 Å². The zero-order chi connectivity index (χ0) is 16.7. The van der Waals surface area contributed by atoms with Crippen LogP contribution in [0.4, 0.5) is 5.69 Å². The summed E-state index contributed by atoms with van der Waals surface area (Å²) in [6, 6.07) is 13.6. The van der Waals surface area contributed by atoms with Gasteiger partial charge in [0, 0.05) is 17.7 Å². The van der Waals surface area contributed by atoms with E-state index in [-0.39, 0.29) is 11.8 Å². The van der Waals surface area contributed by atoms with Gasteiger partial charge < -0.3 is 10.6 Å². The molecule has 2 N–H and O–H groups in total. The summed E-state index contributed by atoms with van der Waals surface area (Å²) in [6.45, 7) is 2.69. The SMILES string of the molecule is CCCCNC(=O)c1cccc(C(=O)Nc2ccccc2Cl)c1. The Bertz CT molecular complexity index is 701. The zero-order valence-corrected chi connectivity index (χ0v) is 13.7. The highest BCUT2D eigenvalue weighted by Gasteiger charge is 2.11. The average molecular weight is 331 g/mol. The van der Waals surface area contributed by atoms with Crippen LogP contribution in [0.3, 0.4) is 0 Å². The van der Waals surface area contributed by atoms with Crippen LogP contribution in [0.15, 0.2) is 48.5 Å². The minimum atomic E-state index is -0.304. The molecule has 120 valence electrons. The van der Waals surface area contributed by atoms with Crippen LogP contribution in [0.1, 0.15) is 40.5 Å². The van der Waals surface area contributed by atoms with E-state index in [9.17, 15) is 9.59 Å². The van der Waals surface area contributed by atoms with E-state index in [0.717, 1.165) is 12.8 Å². The van der Waals surface area contributed by atoms with E-state index < -0.39 is 0 Å². The minimum absolute atomic E-state index is 0.175. The molecule has 0 radical (unpaired) electrons. The number of para-hydroxylation sites is 1. The van der Waals surface area contributed by atoms with Crippen LogP contribution < -0.4 is 10.6 Å². The van der Waals surface area contributed by atoms with E-state index >= 15 is 0 Å². The molecular weight excluding hydrogens is 312 g/mol. The second-order valence-corrected chi connectivity index (χ2v) is 5.53. The smallest absolute Gasteiger partial charge is 0.255 e. The van der Waals surface area contributed by atoms with Gasteiger partial charge in [-0.1, -0.05) is 43.1 Å². The number of anilines is 1. The zero-order valence-electron chi connectivity index (χ0n) is 12.9. The molecule has 0 saturated carbocycles. The molecule has 0 unspecified atom stereocenters. The summed E-state index contributed by atoms with van der Waals surface area (Å²) >= 11 is 6.03. The Hall–Kier alpha value is -2.33. The van der Waals surface area contributed by atoms with Crippen LogP contribution in [-0.4, -0.2) is 18.4 Å². The number of carbonyl (C=O) groups excluding carboxylic acids is 2. The van der Waals surface area contributed by atoms with Gasteiger partial charge in [-0.3, -0.25) is 9.59 Å². The molecule has 2 aromatic carbocycles. The van der Waals surface area contributed by atoms with E-state index in [1.165, 1.54) is 0 Å². The first-order chi connectivity index (χ1) is 11.1. The first-order valence-corrected chi connectivity index (χ1v) is 7.93. The Kier molecular flexibility index (Phi) is 6.18. The Morgan fingerprint density at radius 3 is 2.39 bits per heavy atom. The van der Waals surface area contributed by atoms with Gasteiger partial charge in [-0.05, 0) is 36.8 Å². The third-order valence-corrected chi connectivity index (χ3v) is 3.65. The molecule has 2 aromatic rings. The highest BCUT2D eigenvalue weighted by atomic mass is 35.5. The number of amides is 2. The van der Waals surface area contributed by atoms with Crippen molar-refractivity contribution in [2.45, 2.75) is 19.8 Å². The van der Waals surface area contributed by atoms with Gasteiger partial charge in [0.05, 0.1) is 10.7 Å². The van der Waals surface area contributed by atoms with Crippen molar-refractivity contribution in [3.8, 4) is 0 Å². The predicted molar refractivity (Wildman–Crippen MR) is 93.1 cm³/mol. The van der Waals surface area contributed by atoms with E-state index in [1.807, 2.05) is 0 Å². The van der Waals surface area contributed by atoms with Gasteiger partial charge in [0.15, 0.2) is 0 Å². The molecule has 0 saturated heterocycles. The number of halogens is 1. The van der Waals surface area contributed by atoms with Gasteiger partial charge in [-0.15, -0.1) is 0 Å². The Morgan fingerprint density at radius 2 is 1.70 bits per heavy atom. The van der Waals surface area contributed by atoms with Crippen molar-refractivity contribution in [2.75, 3.05) is 11.9 Å². The van der Waals surface area contributed by atoms with Gasteiger partial charge in [0.25, 0.3) is 11.8 Å². The Labute approximate surface area is 140 Å². The summed E-state index contributed by atoms with van der Waals surface area (Å²) in [6.07, 6.45) is 1.94. The molecule has 0 heterocycles. The van der Waals surface area contributed by atoms with E-state index in [1.54, 1.807) is 48.5 Å². The molecule has 0 fully saturated rings. The lowest BCUT2D eigenvalue weighted by Gasteiger charge is -2.09. The lowest BCUT2D eigenvalue weighted by Crippen LogP contribution is -2.24. The number of unbranched alkanes of at least 4 members (excludes halogenated alkanes) is 1. The standard InChI is InChI=1S/C18H19ClN2O2/c1-2-3-11-20-17(22)13-7-6-8-14(12-13)18(23)21-16-10-5-4-9-15(16)19/h4-10,12H,2-3,11H2,1H3,(H,20,22)(H,21,23). The second kappa shape index (κ2) is 8.34. The first-order valence-electron chi connectivity index (χ1n) is 7.56. The summed E-state index contributed by atoms with van der Waals surface area (Å²) in [5.74, 6) is -0.479. The van der Waals surface area contributed by atoms with Crippen molar-refractivity contribution in [1.29, 1.82) is 0 Å². The Balaban J connectivity index is 2.08. The number of carbonyl (C=O) groups is 2. The largest absolute Gasteiger partial charge is 0.352 e. The summed E-state index contributed by atoms with van der Waals surface area (Å²) in [7, 11) is 0. The topological polar surface area (TPSA) is 58.2 Å². The first kappa shape index (κ1) is 17.0. The fraction of sp³-hybridized carbons (Fsp3) is 0.222. The van der Waals surface area contributed by atoms with Crippen molar-refractivity contribution >= 4 is 29.1 Å². The molecule has 0 aliphatic rings. The third kappa shape index (κ3) is 4.83. The van der Waals surface area contributed by atoms with Crippen molar-refractivity contribution < 1.29 is 9.59 Å². The number of rotatable bonds is 6. The Morgan fingerprint density at radius 1 is 1.00 bits per heavy atom. The number of hydrogen-bond acceptors (Lipinski definition) is 2. The summed E-state index contributed by atoms with van der Waals surface area (Å²) in [5, 5.41) is 6.04. The number of benzene rings is 2. The molecule has 2 amide bonds. The van der Waals surface area contributed by atoms with Crippen LogP contribution in [-0.2, 0) is 0 Å². The summed E-state index contributed by atoms with van der Waals surface area (Å²) in [4.78, 5) is 24.3. The molecule has 0 aromatic heterocycles. The van der Waals surface area contributed by atoms with Gasteiger partial charge in [-0.25, -0.2) is 0 Å². The van der Waals surface area contributed by atoms with Crippen molar-refractivity contribution in [1.82, 2.24) is 5.32 Å². The predicted octanol–water partition coefficient (Wildman–Crippen LogP) is 4.12. The normalized spacial score (nSPS) is 10.2. The highest BCUT2D eigenvalue weighted by Crippen LogP contribution is 2.21. The molecule has 0 bridgehead atoms. The fourth-order valence-electron chi connectivity index (χ4n) is 2.04. The molecular formula is C18H19ClN2O2. The molecule has 23 heavy (non-hydrogen) atoms. The number of nitrogens with one attached hydrogen (secondary N) is 2. The van der Waals surface area contributed by atoms with Crippen LogP contribution in [0.2, 0.25) is 5.02 Å². The van der Waals surface area contributed by atoms with Gasteiger partial charge in [0.1, 0.15) is 0 Å². The summed E-state index contributed by atoms with van der Waals surface area (Å²) < 4.78 is 0. The van der Waals surface area contributed by atoms with Gasteiger partial charge in [-0.2, -0.15) is 0 Å². The minimum Gasteiger partial charge on any atom is -0.352 e. The van der Waals surface area contributed by atoms with E-state index in [2.05, 4.69) is 17.6 Å². The lowest BCUT2D eigenvalue weighted by atomic mass is 10.1. The van der Waals surface area contributed by atoms with Crippen LogP contribution in [0, 0.1) is 0 Å². The van der Waals surface area contributed by atoms with Crippen LogP contribution in [0.5, 0.6) is 0 Å². The van der Waals surface area contributed by atoms with E-state index in [0.29, 0.717) is 28.4 Å². The lowest BCUT2D eigenvalue weighted by molar-refractivity contribution is 0.0953. The van der Waals surface area contributed by atoms with Gasteiger partial charge >= 0.3 is 0 Å². The molecule has 0 atom stereocenters. The maximum Gasteiger partial charge on any atom is 0.255 e. The molecule has 0 aliphatic heterocycles. The second-order valence-electron chi connectivity index (χ2n) is 5.12. The molecule has 0 spiro atoms. The van der Waals surface area contributed by atoms with Crippen molar-refractivity contribution in [3.63, 3.8) is 0 Å². The quantitative estimate of drug-likeness (QED) is 0.783. The molecule has 0 aliphatic carbocycles. The molecule has 2 rings (SSSR count). The maximum atomic E-state index is 12.3. The monoisotopic (exact) mass is 330 g/mol.